The zero-order chi connectivity index (χ0) is 16.6. The topological polar surface area (TPSA) is 62.3 Å². The van der Waals surface area contributed by atoms with Crippen LogP contribution in [0.3, 0.4) is 0 Å². The van der Waals surface area contributed by atoms with Crippen molar-refractivity contribution in [1.29, 1.82) is 0 Å². The summed E-state index contributed by atoms with van der Waals surface area (Å²) in [6, 6.07) is 8.07. The van der Waals surface area contributed by atoms with E-state index in [9.17, 15) is 8.42 Å². The monoisotopic (exact) mass is 333 g/mol. The minimum Gasteiger partial charge on any atom is -0.383 e. The van der Waals surface area contributed by atoms with E-state index in [4.69, 9.17) is 0 Å². The second kappa shape index (κ2) is 6.09. The molecule has 1 aromatic heterocycles. The molecule has 2 aromatic rings. The second-order valence-corrected chi connectivity index (χ2v) is 8.20. The third kappa shape index (κ3) is 3.19. The molecule has 0 saturated carbocycles. The SMILES string of the molecule is Cc1nc2ccccc2c(NC[C@H]2CCCN2S(C)(=O)=O)c1C. The van der Waals surface area contributed by atoms with E-state index >= 15 is 0 Å². The molecule has 2 heterocycles. The summed E-state index contributed by atoms with van der Waals surface area (Å²) in [6.45, 7) is 5.31. The van der Waals surface area contributed by atoms with Gasteiger partial charge in [0.05, 0.1) is 11.8 Å². The fourth-order valence-electron chi connectivity index (χ4n) is 3.33. The van der Waals surface area contributed by atoms with Crippen molar-refractivity contribution in [2.45, 2.75) is 32.7 Å². The molecule has 1 aromatic carbocycles. The predicted octanol–water partition coefficient (Wildman–Crippen LogP) is 2.69. The predicted molar refractivity (Wildman–Crippen MR) is 94.3 cm³/mol. The zero-order valence-electron chi connectivity index (χ0n) is 13.8. The van der Waals surface area contributed by atoms with E-state index < -0.39 is 10.0 Å². The molecule has 124 valence electrons. The first kappa shape index (κ1) is 16.2. The van der Waals surface area contributed by atoms with Gasteiger partial charge < -0.3 is 5.32 Å². The lowest BCUT2D eigenvalue weighted by atomic mass is 10.1. The van der Waals surface area contributed by atoms with Crippen molar-refractivity contribution in [1.82, 2.24) is 9.29 Å². The largest absolute Gasteiger partial charge is 0.383 e. The van der Waals surface area contributed by atoms with Crippen LogP contribution in [0.5, 0.6) is 0 Å². The summed E-state index contributed by atoms with van der Waals surface area (Å²) in [5, 5.41) is 4.58. The molecule has 1 fully saturated rings. The standard InChI is InChI=1S/C17H23N3O2S/c1-12-13(2)19-16-9-5-4-8-15(16)17(12)18-11-14-7-6-10-20(14)23(3,21)22/h4-5,8-9,14H,6-7,10-11H2,1-3H3,(H,18,19)/t14-/m1/s1. The van der Waals surface area contributed by atoms with Gasteiger partial charge in [0.2, 0.25) is 10.0 Å². The van der Waals surface area contributed by atoms with Crippen molar-refractivity contribution in [2.24, 2.45) is 0 Å². The number of nitrogens with zero attached hydrogens (tertiary/aromatic N) is 2. The van der Waals surface area contributed by atoms with Gasteiger partial charge in [-0.25, -0.2) is 8.42 Å². The molecule has 1 aliphatic heterocycles. The van der Waals surface area contributed by atoms with Crippen LogP contribution >= 0.6 is 0 Å². The van der Waals surface area contributed by atoms with Crippen LogP contribution in [0, 0.1) is 13.8 Å². The number of fused-ring (bicyclic) bond motifs is 1. The molecule has 1 saturated heterocycles. The summed E-state index contributed by atoms with van der Waals surface area (Å²) >= 11 is 0. The molecule has 6 heteroatoms. The first-order valence-electron chi connectivity index (χ1n) is 7.94. The van der Waals surface area contributed by atoms with E-state index in [1.165, 1.54) is 6.26 Å². The number of anilines is 1. The minimum absolute atomic E-state index is 0.0247. The molecule has 0 bridgehead atoms. The van der Waals surface area contributed by atoms with Gasteiger partial charge in [-0.1, -0.05) is 18.2 Å². The average Bonchev–Trinajstić information content (AvgIpc) is 2.96. The number of aromatic nitrogens is 1. The molecule has 0 amide bonds. The van der Waals surface area contributed by atoms with Crippen LogP contribution in [0.2, 0.25) is 0 Å². The van der Waals surface area contributed by atoms with Gasteiger partial charge in [-0.2, -0.15) is 4.31 Å². The quantitative estimate of drug-likeness (QED) is 0.934. The summed E-state index contributed by atoms with van der Waals surface area (Å²) in [6.07, 6.45) is 3.12. The van der Waals surface area contributed by atoms with Gasteiger partial charge in [0.1, 0.15) is 0 Å². The number of sulfonamides is 1. The maximum Gasteiger partial charge on any atom is 0.211 e. The molecule has 0 aliphatic carbocycles. The number of nitrogens with one attached hydrogen (secondary N) is 1. The first-order valence-corrected chi connectivity index (χ1v) is 9.79. The Morgan fingerprint density at radius 2 is 2.04 bits per heavy atom. The number of aryl methyl sites for hydroxylation is 1. The lowest BCUT2D eigenvalue weighted by molar-refractivity contribution is 0.402. The van der Waals surface area contributed by atoms with Crippen LogP contribution in [0.25, 0.3) is 10.9 Å². The molecular weight excluding hydrogens is 310 g/mol. The van der Waals surface area contributed by atoms with Crippen LogP contribution in [-0.2, 0) is 10.0 Å². The number of hydrogen-bond acceptors (Lipinski definition) is 4. The second-order valence-electron chi connectivity index (χ2n) is 6.27. The number of para-hydroxylation sites is 1. The Labute approximate surface area is 137 Å². The third-order valence-corrected chi connectivity index (χ3v) is 5.98. The van der Waals surface area contributed by atoms with Gasteiger partial charge in [-0.15, -0.1) is 0 Å². The molecule has 1 N–H and O–H groups in total. The van der Waals surface area contributed by atoms with Gasteiger partial charge in [-0.3, -0.25) is 4.98 Å². The highest BCUT2D eigenvalue weighted by atomic mass is 32.2. The van der Waals surface area contributed by atoms with Crippen LogP contribution in [-0.4, -0.2) is 43.1 Å². The average molecular weight is 333 g/mol. The van der Waals surface area contributed by atoms with Crippen LogP contribution in [0.15, 0.2) is 24.3 Å². The van der Waals surface area contributed by atoms with E-state index in [0.717, 1.165) is 40.7 Å². The summed E-state index contributed by atoms with van der Waals surface area (Å²) in [5.74, 6) is 0. The highest BCUT2D eigenvalue weighted by molar-refractivity contribution is 7.88. The van der Waals surface area contributed by atoms with Crippen LogP contribution in [0.4, 0.5) is 5.69 Å². The normalized spacial score (nSPS) is 19.3. The molecule has 0 spiro atoms. The summed E-state index contributed by atoms with van der Waals surface area (Å²) < 4.78 is 25.4. The maximum absolute atomic E-state index is 11.9. The molecule has 5 nitrogen and oxygen atoms in total. The van der Waals surface area contributed by atoms with Crippen molar-refractivity contribution >= 4 is 26.6 Å². The Bertz CT molecular complexity index is 833. The lowest BCUT2D eigenvalue weighted by Crippen LogP contribution is -2.38. The molecule has 0 radical (unpaired) electrons. The van der Waals surface area contributed by atoms with E-state index in [1.807, 2.05) is 25.1 Å². The summed E-state index contributed by atoms with van der Waals surface area (Å²) in [4.78, 5) is 4.62. The number of rotatable bonds is 4. The van der Waals surface area contributed by atoms with Gasteiger partial charge in [-0.05, 0) is 38.3 Å². The Balaban J connectivity index is 1.89. The van der Waals surface area contributed by atoms with Crippen molar-refractivity contribution in [3.63, 3.8) is 0 Å². The highest BCUT2D eigenvalue weighted by Crippen LogP contribution is 2.29. The van der Waals surface area contributed by atoms with E-state index in [1.54, 1.807) is 4.31 Å². The van der Waals surface area contributed by atoms with Crippen molar-refractivity contribution in [3.05, 3.63) is 35.5 Å². The van der Waals surface area contributed by atoms with Gasteiger partial charge in [0.25, 0.3) is 0 Å². The Morgan fingerprint density at radius 1 is 1.30 bits per heavy atom. The molecule has 3 rings (SSSR count). The summed E-state index contributed by atoms with van der Waals surface area (Å²) in [7, 11) is -3.14. The fraction of sp³-hybridized carbons (Fsp3) is 0.471. The maximum atomic E-state index is 11.9. The van der Waals surface area contributed by atoms with Gasteiger partial charge in [0, 0.05) is 35.9 Å². The van der Waals surface area contributed by atoms with Gasteiger partial charge in [0.15, 0.2) is 0 Å². The van der Waals surface area contributed by atoms with E-state index in [2.05, 4.69) is 23.3 Å². The Hall–Kier alpha value is -1.66. The first-order chi connectivity index (χ1) is 10.9. The van der Waals surface area contributed by atoms with Crippen molar-refractivity contribution in [2.75, 3.05) is 24.7 Å². The number of hydrogen-bond donors (Lipinski definition) is 1. The Morgan fingerprint density at radius 3 is 2.78 bits per heavy atom. The Kier molecular flexibility index (Phi) is 4.29. The minimum atomic E-state index is -3.14. The third-order valence-electron chi connectivity index (χ3n) is 4.64. The molecular formula is C17H23N3O2S. The molecule has 1 aliphatic rings. The summed E-state index contributed by atoms with van der Waals surface area (Å²) in [5.41, 5.74) is 4.14. The molecule has 23 heavy (non-hydrogen) atoms. The smallest absolute Gasteiger partial charge is 0.211 e. The molecule has 1 atom stereocenters. The number of benzene rings is 1. The number of pyridine rings is 1. The van der Waals surface area contributed by atoms with Crippen LogP contribution in [0.1, 0.15) is 24.1 Å². The molecule has 0 unspecified atom stereocenters. The zero-order valence-corrected chi connectivity index (χ0v) is 14.7. The highest BCUT2D eigenvalue weighted by Gasteiger charge is 2.31. The lowest BCUT2D eigenvalue weighted by Gasteiger charge is -2.24. The van der Waals surface area contributed by atoms with E-state index in [-0.39, 0.29) is 6.04 Å². The van der Waals surface area contributed by atoms with Crippen LogP contribution < -0.4 is 5.32 Å². The van der Waals surface area contributed by atoms with Crippen molar-refractivity contribution < 1.29 is 8.42 Å². The fourth-order valence-corrected chi connectivity index (χ4v) is 4.51. The van der Waals surface area contributed by atoms with Crippen molar-refractivity contribution in [3.8, 4) is 0 Å². The van der Waals surface area contributed by atoms with Gasteiger partial charge >= 0.3 is 0 Å². The van der Waals surface area contributed by atoms with E-state index in [0.29, 0.717) is 13.1 Å².